The van der Waals surface area contributed by atoms with Gasteiger partial charge in [0.15, 0.2) is 0 Å². The molecule has 0 aromatic heterocycles. The Balaban J connectivity index is 2.24. The van der Waals surface area contributed by atoms with E-state index in [-0.39, 0.29) is 6.03 Å². The second-order valence-corrected chi connectivity index (χ2v) is 2.94. The minimum atomic E-state index is -0.281. The average Bonchev–Trinajstić information content (AvgIpc) is 2.06. The summed E-state index contributed by atoms with van der Waals surface area (Å²) in [5, 5.41) is 2.80. The Morgan fingerprint density at radius 1 is 1.36 bits per heavy atom. The first-order chi connectivity index (χ1) is 5.33. The van der Waals surface area contributed by atoms with Crippen molar-refractivity contribution < 1.29 is 4.79 Å². The van der Waals surface area contributed by atoms with E-state index in [9.17, 15) is 4.79 Å². The van der Waals surface area contributed by atoms with E-state index in [1.54, 1.807) is 0 Å². The maximum Gasteiger partial charge on any atom is 0.340 e. The fraction of sp³-hybridized carbons (Fsp3) is 0.750. The molecule has 3 nitrogen and oxygen atoms in total. The van der Waals surface area contributed by atoms with Crippen LogP contribution in [-0.4, -0.2) is 18.8 Å². The van der Waals surface area contributed by atoms with Crippen molar-refractivity contribution >= 4 is 12.7 Å². The van der Waals surface area contributed by atoms with Gasteiger partial charge < -0.3 is 5.32 Å². The topological polar surface area (TPSA) is 41.5 Å². The molecular weight excluding hydrogens is 140 g/mol. The zero-order valence-corrected chi connectivity index (χ0v) is 6.68. The van der Waals surface area contributed by atoms with Gasteiger partial charge in [-0.15, -0.1) is 0 Å². The van der Waals surface area contributed by atoms with E-state index >= 15 is 0 Å². The van der Waals surface area contributed by atoms with E-state index in [0.717, 1.165) is 12.8 Å². The van der Waals surface area contributed by atoms with Gasteiger partial charge in [-0.1, -0.05) is 19.3 Å². The Morgan fingerprint density at radius 2 is 2.00 bits per heavy atom. The third-order valence-electron chi connectivity index (χ3n) is 2.08. The van der Waals surface area contributed by atoms with Crippen LogP contribution in [0.5, 0.6) is 0 Å². The van der Waals surface area contributed by atoms with Crippen molar-refractivity contribution in [1.29, 1.82) is 0 Å². The summed E-state index contributed by atoms with van der Waals surface area (Å²) in [6.45, 7) is 3.16. The van der Waals surface area contributed by atoms with Crippen LogP contribution in [-0.2, 0) is 0 Å². The Labute approximate surface area is 66.9 Å². The van der Waals surface area contributed by atoms with E-state index in [1.807, 2.05) is 0 Å². The molecule has 0 aliphatic heterocycles. The quantitative estimate of drug-likeness (QED) is 0.574. The largest absolute Gasteiger partial charge is 0.340 e. The third kappa shape index (κ3) is 2.70. The van der Waals surface area contributed by atoms with E-state index in [4.69, 9.17) is 0 Å². The van der Waals surface area contributed by atoms with Crippen LogP contribution < -0.4 is 5.32 Å². The van der Waals surface area contributed by atoms with E-state index < -0.39 is 0 Å². The van der Waals surface area contributed by atoms with Gasteiger partial charge in [0.05, 0.1) is 0 Å². The van der Waals surface area contributed by atoms with Crippen LogP contribution in [0.25, 0.3) is 0 Å². The molecule has 1 fully saturated rings. The number of hydrogen-bond acceptors (Lipinski definition) is 1. The van der Waals surface area contributed by atoms with Crippen molar-refractivity contribution in [3.8, 4) is 0 Å². The summed E-state index contributed by atoms with van der Waals surface area (Å²) in [4.78, 5) is 14.0. The maximum absolute atomic E-state index is 10.7. The van der Waals surface area contributed by atoms with E-state index in [0.29, 0.717) is 6.04 Å². The van der Waals surface area contributed by atoms with Crippen LogP contribution in [0.15, 0.2) is 4.99 Å². The number of nitrogens with zero attached hydrogens (tertiary/aromatic N) is 1. The molecule has 0 aromatic carbocycles. The average molecular weight is 154 g/mol. The number of urea groups is 1. The molecule has 0 saturated heterocycles. The molecule has 1 aliphatic rings. The van der Waals surface area contributed by atoms with Crippen molar-refractivity contribution in [2.45, 2.75) is 38.1 Å². The van der Waals surface area contributed by atoms with Gasteiger partial charge >= 0.3 is 6.03 Å². The minimum absolute atomic E-state index is 0.281. The number of rotatable bonds is 1. The van der Waals surface area contributed by atoms with Crippen molar-refractivity contribution in [3.63, 3.8) is 0 Å². The lowest BCUT2D eigenvalue weighted by molar-refractivity contribution is 0.241. The van der Waals surface area contributed by atoms with Crippen molar-refractivity contribution in [1.82, 2.24) is 5.32 Å². The molecule has 0 bridgehead atoms. The summed E-state index contributed by atoms with van der Waals surface area (Å²) < 4.78 is 0. The van der Waals surface area contributed by atoms with Crippen LogP contribution >= 0.6 is 0 Å². The molecule has 1 saturated carbocycles. The minimum Gasteiger partial charge on any atom is -0.334 e. The summed E-state index contributed by atoms with van der Waals surface area (Å²) >= 11 is 0. The van der Waals surface area contributed by atoms with Gasteiger partial charge in [0.25, 0.3) is 0 Å². The van der Waals surface area contributed by atoms with Crippen LogP contribution in [0.4, 0.5) is 4.79 Å². The van der Waals surface area contributed by atoms with E-state index in [1.165, 1.54) is 19.3 Å². The molecule has 0 aromatic rings. The molecule has 1 N–H and O–H groups in total. The van der Waals surface area contributed by atoms with Crippen LogP contribution in [0.1, 0.15) is 32.1 Å². The van der Waals surface area contributed by atoms with Crippen LogP contribution in [0, 0.1) is 0 Å². The van der Waals surface area contributed by atoms with Gasteiger partial charge in [0.2, 0.25) is 0 Å². The predicted molar refractivity (Wildman–Crippen MR) is 45.0 cm³/mol. The normalized spacial score (nSPS) is 19.3. The number of aliphatic imine (C=N–C) groups is 1. The van der Waals surface area contributed by atoms with Crippen molar-refractivity contribution in [2.24, 2.45) is 4.99 Å². The molecule has 0 heterocycles. The highest BCUT2D eigenvalue weighted by molar-refractivity contribution is 5.78. The summed E-state index contributed by atoms with van der Waals surface area (Å²) in [5.74, 6) is 0. The summed E-state index contributed by atoms with van der Waals surface area (Å²) in [6, 6.07) is 0.0682. The third-order valence-corrected chi connectivity index (χ3v) is 2.08. The maximum atomic E-state index is 10.7. The lowest BCUT2D eigenvalue weighted by Crippen LogP contribution is -2.34. The second-order valence-electron chi connectivity index (χ2n) is 2.94. The first-order valence-electron chi connectivity index (χ1n) is 4.10. The number of carbonyl (C=O) groups is 1. The van der Waals surface area contributed by atoms with Crippen LogP contribution in [0.3, 0.4) is 0 Å². The summed E-state index contributed by atoms with van der Waals surface area (Å²) in [7, 11) is 0. The SMILES string of the molecule is C=NC(=O)NC1CCCCC1. The Bertz CT molecular complexity index is 150. The molecule has 0 atom stereocenters. The number of hydrogen-bond donors (Lipinski definition) is 1. The Kier molecular flexibility index (Phi) is 3.08. The highest BCUT2D eigenvalue weighted by Gasteiger charge is 2.14. The Morgan fingerprint density at radius 3 is 2.55 bits per heavy atom. The predicted octanol–water partition coefficient (Wildman–Crippen LogP) is 1.73. The van der Waals surface area contributed by atoms with E-state index in [2.05, 4.69) is 17.0 Å². The van der Waals surface area contributed by atoms with Gasteiger partial charge in [0.1, 0.15) is 0 Å². The number of amides is 2. The molecule has 0 radical (unpaired) electrons. The van der Waals surface area contributed by atoms with Gasteiger partial charge in [-0.2, -0.15) is 0 Å². The lowest BCUT2D eigenvalue weighted by atomic mass is 9.96. The van der Waals surface area contributed by atoms with Gasteiger partial charge in [0, 0.05) is 6.04 Å². The van der Waals surface area contributed by atoms with Gasteiger partial charge in [-0.3, -0.25) is 0 Å². The molecule has 1 aliphatic carbocycles. The molecule has 0 unspecified atom stereocenters. The van der Waals surface area contributed by atoms with Crippen molar-refractivity contribution in [2.75, 3.05) is 0 Å². The van der Waals surface area contributed by atoms with Crippen LogP contribution in [0.2, 0.25) is 0 Å². The first kappa shape index (κ1) is 8.24. The molecule has 0 spiro atoms. The zero-order chi connectivity index (χ0) is 8.10. The fourth-order valence-corrected chi connectivity index (χ4v) is 1.47. The number of carbonyl (C=O) groups excluding carboxylic acids is 1. The summed E-state index contributed by atoms with van der Waals surface area (Å²) in [6.07, 6.45) is 5.95. The van der Waals surface area contributed by atoms with Gasteiger partial charge in [-0.05, 0) is 19.6 Å². The molecular formula is C8H14N2O. The number of nitrogens with one attached hydrogen (secondary N) is 1. The highest BCUT2D eigenvalue weighted by atomic mass is 16.2. The monoisotopic (exact) mass is 154 g/mol. The fourth-order valence-electron chi connectivity index (χ4n) is 1.47. The standard InChI is InChI=1S/C8H14N2O/c1-9-8(11)10-7-5-3-2-4-6-7/h7H,1-6H2,(H,10,11). The van der Waals surface area contributed by atoms with Gasteiger partial charge in [-0.25, -0.2) is 9.79 Å². The molecule has 3 heteroatoms. The smallest absolute Gasteiger partial charge is 0.334 e. The Hall–Kier alpha value is -0.860. The molecule has 11 heavy (non-hydrogen) atoms. The first-order valence-corrected chi connectivity index (χ1v) is 4.10. The molecule has 2 amide bonds. The molecule has 62 valence electrons. The zero-order valence-electron chi connectivity index (χ0n) is 6.68. The lowest BCUT2D eigenvalue weighted by Gasteiger charge is -2.21. The molecule has 1 rings (SSSR count). The highest BCUT2D eigenvalue weighted by Crippen LogP contribution is 2.17. The second kappa shape index (κ2) is 4.11. The summed E-state index contributed by atoms with van der Waals surface area (Å²) in [5.41, 5.74) is 0. The van der Waals surface area contributed by atoms with Crippen molar-refractivity contribution in [3.05, 3.63) is 0 Å².